The standard InChI is InChI=1S/C14H20ClNOS/c15-13-7-5-11(6-8-13)10-18(17)14-4-2-1-3-12(14)9-16/h5-8,12,14H,1-4,9-10,16H2. The monoisotopic (exact) mass is 285 g/mol. The fourth-order valence-electron chi connectivity index (χ4n) is 2.64. The van der Waals surface area contributed by atoms with Crippen LogP contribution in [0.5, 0.6) is 0 Å². The molecule has 0 radical (unpaired) electrons. The molecule has 3 atom stereocenters. The molecule has 18 heavy (non-hydrogen) atoms. The van der Waals surface area contributed by atoms with Crippen LogP contribution in [-0.2, 0) is 16.6 Å². The maximum absolute atomic E-state index is 12.4. The summed E-state index contributed by atoms with van der Waals surface area (Å²) in [5.41, 5.74) is 6.89. The second-order valence-electron chi connectivity index (χ2n) is 4.97. The Kier molecular flexibility index (Phi) is 5.22. The van der Waals surface area contributed by atoms with Gasteiger partial charge in [0.25, 0.3) is 0 Å². The zero-order valence-electron chi connectivity index (χ0n) is 10.5. The molecule has 0 bridgehead atoms. The Labute approximate surface area is 116 Å². The fourth-order valence-corrected chi connectivity index (χ4v) is 4.61. The minimum absolute atomic E-state index is 0.277. The van der Waals surface area contributed by atoms with Crippen LogP contribution in [-0.4, -0.2) is 16.0 Å². The predicted molar refractivity (Wildman–Crippen MR) is 78.1 cm³/mol. The number of nitrogens with two attached hydrogens (primary N) is 1. The average molecular weight is 286 g/mol. The van der Waals surface area contributed by atoms with E-state index in [1.165, 1.54) is 12.8 Å². The summed E-state index contributed by atoms with van der Waals surface area (Å²) in [6.07, 6.45) is 4.61. The van der Waals surface area contributed by atoms with Gasteiger partial charge in [-0.3, -0.25) is 4.21 Å². The normalized spacial score (nSPS) is 25.9. The van der Waals surface area contributed by atoms with Gasteiger partial charge in [0.1, 0.15) is 0 Å². The van der Waals surface area contributed by atoms with E-state index in [0.29, 0.717) is 18.2 Å². The van der Waals surface area contributed by atoms with Gasteiger partial charge in [-0.15, -0.1) is 0 Å². The second-order valence-corrected chi connectivity index (χ2v) is 7.06. The first kappa shape index (κ1) is 14.0. The molecular formula is C14H20ClNOS. The van der Waals surface area contributed by atoms with Crippen molar-refractivity contribution in [3.05, 3.63) is 34.9 Å². The van der Waals surface area contributed by atoms with E-state index in [9.17, 15) is 4.21 Å². The van der Waals surface area contributed by atoms with Crippen molar-refractivity contribution in [3.8, 4) is 0 Å². The summed E-state index contributed by atoms with van der Waals surface area (Å²) >= 11 is 5.85. The van der Waals surface area contributed by atoms with Crippen LogP contribution in [0.4, 0.5) is 0 Å². The lowest BCUT2D eigenvalue weighted by atomic mass is 9.89. The smallest absolute Gasteiger partial charge is 0.0488 e. The molecule has 1 aliphatic rings. The van der Waals surface area contributed by atoms with E-state index in [2.05, 4.69) is 0 Å². The largest absolute Gasteiger partial charge is 0.330 e. The van der Waals surface area contributed by atoms with Gasteiger partial charge in [-0.1, -0.05) is 36.6 Å². The lowest BCUT2D eigenvalue weighted by Gasteiger charge is -2.29. The van der Waals surface area contributed by atoms with Gasteiger partial charge in [-0.25, -0.2) is 0 Å². The molecule has 100 valence electrons. The number of halogens is 1. The molecule has 0 amide bonds. The minimum Gasteiger partial charge on any atom is -0.330 e. The first-order valence-electron chi connectivity index (χ1n) is 6.52. The summed E-state index contributed by atoms with van der Waals surface area (Å²) in [6.45, 7) is 0.664. The second kappa shape index (κ2) is 6.69. The Hall–Kier alpha value is -0.380. The SMILES string of the molecule is NCC1CCCCC1S(=O)Cc1ccc(Cl)cc1. The van der Waals surface area contributed by atoms with Crippen molar-refractivity contribution in [2.24, 2.45) is 11.7 Å². The van der Waals surface area contributed by atoms with E-state index in [4.69, 9.17) is 17.3 Å². The average Bonchev–Trinajstić information content (AvgIpc) is 2.41. The maximum Gasteiger partial charge on any atom is 0.0488 e. The molecule has 1 aromatic carbocycles. The lowest BCUT2D eigenvalue weighted by molar-refractivity contribution is 0.372. The van der Waals surface area contributed by atoms with Crippen molar-refractivity contribution in [3.63, 3.8) is 0 Å². The molecule has 0 aromatic heterocycles. The zero-order chi connectivity index (χ0) is 13.0. The summed E-state index contributed by atoms with van der Waals surface area (Å²) in [6, 6.07) is 7.63. The summed E-state index contributed by atoms with van der Waals surface area (Å²) in [5, 5.41) is 1.00. The topological polar surface area (TPSA) is 43.1 Å². The van der Waals surface area contributed by atoms with Crippen molar-refractivity contribution < 1.29 is 4.21 Å². The van der Waals surface area contributed by atoms with Gasteiger partial charge >= 0.3 is 0 Å². The van der Waals surface area contributed by atoms with E-state index in [1.807, 2.05) is 24.3 Å². The number of hydrogen-bond donors (Lipinski definition) is 1. The number of rotatable bonds is 4. The van der Waals surface area contributed by atoms with Gasteiger partial charge in [0.05, 0.1) is 0 Å². The van der Waals surface area contributed by atoms with Gasteiger partial charge in [0.15, 0.2) is 0 Å². The van der Waals surface area contributed by atoms with Crippen LogP contribution in [0.25, 0.3) is 0 Å². The van der Waals surface area contributed by atoms with Gasteiger partial charge in [0, 0.05) is 26.8 Å². The zero-order valence-corrected chi connectivity index (χ0v) is 12.1. The molecule has 1 aliphatic carbocycles. The van der Waals surface area contributed by atoms with Crippen molar-refractivity contribution >= 4 is 22.4 Å². The Morgan fingerprint density at radius 2 is 1.89 bits per heavy atom. The molecule has 1 fully saturated rings. The van der Waals surface area contributed by atoms with Gasteiger partial charge in [-0.2, -0.15) is 0 Å². The highest BCUT2D eigenvalue weighted by molar-refractivity contribution is 7.84. The van der Waals surface area contributed by atoms with Gasteiger partial charge < -0.3 is 5.73 Å². The molecule has 0 spiro atoms. The number of hydrogen-bond acceptors (Lipinski definition) is 2. The Morgan fingerprint density at radius 3 is 2.56 bits per heavy atom. The van der Waals surface area contributed by atoms with E-state index in [-0.39, 0.29) is 5.25 Å². The van der Waals surface area contributed by atoms with E-state index < -0.39 is 10.8 Å². The molecule has 2 rings (SSSR count). The fraction of sp³-hybridized carbons (Fsp3) is 0.571. The van der Waals surface area contributed by atoms with E-state index >= 15 is 0 Å². The molecule has 1 saturated carbocycles. The summed E-state index contributed by atoms with van der Waals surface area (Å²) in [7, 11) is -0.817. The molecule has 0 aliphatic heterocycles. The predicted octanol–water partition coefficient (Wildman–Crippen LogP) is 3.11. The van der Waals surface area contributed by atoms with Crippen molar-refractivity contribution in [1.82, 2.24) is 0 Å². The van der Waals surface area contributed by atoms with Crippen LogP contribution in [0.3, 0.4) is 0 Å². The van der Waals surface area contributed by atoms with Crippen molar-refractivity contribution in [2.75, 3.05) is 6.54 Å². The van der Waals surface area contributed by atoms with E-state index in [0.717, 1.165) is 23.4 Å². The first-order chi connectivity index (χ1) is 8.70. The van der Waals surface area contributed by atoms with Gasteiger partial charge in [-0.05, 0) is 43.0 Å². The van der Waals surface area contributed by atoms with Crippen LogP contribution in [0.1, 0.15) is 31.2 Å². The molecule has 2 nitrogen and oxygen atoms in total. The molecule has 2 N–H and O–H groups in total. The van der Waals surface area contributed by atoms with Crippen LogP contribution in [0, 0.1) is 5.92 Å². The quantitative estimate of drug-likeness (QED) is 0.924. The first-order valence-corrected chi connectivity index (χ1v) is 8.28. The van der Waals surface area contributed by atoms with Crippen LogP contribution in [0.15, 0.2) is 24.3 Å². The highest BCUT2D eigenvalue weighted by Crippen LogP contribution is 2.29. The van der Waals surface area contributed by atoms with Crippen LogP contribution >= 0.6 is 11.6 Å². The van der Waals surface area contributed by atoms with Gasteiger partial charge in [0.2, 0.25) is 0 Å². The summed E-state index contributed by atoms with van der Waals surface area (Å²) in [4.78, 5) is 0. The third-order valence-corrected chi connectivity index (χ3v) is 5.87. The molecule has 0 heterocycles. The van der Waals surface area contributed by atoms with Crippen LogP contribution < -0.4 is 5.73 Å². The molecule has 0 saturated heterocycles. The van der Waals surface area contributed by atoms with Crippen molar-refractivity contribution in [1.29, 1.82) is 0 Å². The lowest BCUT2D eigenvalue weighted by Crippen LogP contribution is -2.34. The minimum atomic E-state index is -0.817. The third-order valence-electron chi connectivity index (χ3n) is 3.70. The maximum atomic E-state index is 12.4. The number of benzene rings is 1. The highest BCUT2D eigenvalue weighted by atomic mass is 35.5. The highest BCUT2D eigenvalue weighted by Gasteiger charge is 2.28. The molecule has 1 aromatic rings. The molecule has 4 heteroatoms. The Balaban J connectivity index is 2.00. The Morgan fingerprint density at radius 1 is 1.22 bits per heavy atom. The molecule has 3 unspecified atom stereocenters. The van der Waals surface area contributed by atoms with E-state index in [1.54, 1.807) is 0 Å². The molecular weight excluding hydrogens is 266 g/mol. The van der Waals surface area contributed by atoms with Crippen molar-refractivity contribution in [2.45, 2.75) is 36.7 Å². The van der Waals surface area contributed by atoms with Crippen LogP contribution in [0.2, 0.25) is 5.02 Å². The third kappa shape index (κ3) is 3.56. The Bertz CT molecular complexity index is 407. The summed E-state index contributed by atoms with van der Waals surface area (Å²) in [5.74, 6) is 1.06. The summed E-state index contributed by atoms with van der Waals surface area (Å²) < 4.78 is 12.4.